The van der Waals surface area contributed by atoms with Crippen LogP contribution in [0.4, 0.5) is 0 Å². The average molecular weight is 221 g/mol. The summed E-state index contributed by atoms with van der Waals surface area (Å²) in [7, 11) is 0. The van der Waals surface area contributed by atoms with Crippen molar-refractivity contribution in [2.24, 2.45) is 23.2 Å². The summed E-state index contributed by atoms with van der Waals surface area (Å²) in [6, 6.07) is 0.662. The van der Waals surface area contributed by atoms with Crippen LogP contribution in [-0.4, -0.2) is 12.6 Å². The van der Waals surface area contributed by atoms with E-state index in [0.29, 0.717) is 11.5 Å². The van der Waals surface area contributed by atoms with Gasteiger partial charge in [0.15, 0.2) is 0 Å². The van der Waals surface area contributed by atoms with Crippen molar-refractivity contribution in [2.45, 2.75) is 64.8 Å². The van der Waals surface area contributed by atoms with Gasteiger partial charge >= 0.3 is 0 Å². The van der Waals surface area contributed by atoms with Crippen molar-refractivity contribution in [1.82, 2.24) is 5.32 Å². The second-order valence-electron chi connectivity index (χ2n) is 7.04. The molecule has 2 unspecified atom stereocenters. The Hall–Kier alpha value is -0.0400. The molecule has 16 heavy (non-hydrogen) atoms. The minimum absolute atomic E-state index is 0.662. The Balaban J connectivity index is 1.67. The first-order valence-corrected chi connectivity index (χ1v) is 7.43. The minimum atomic E-state index is 0.662. The summed E-state index contributed by atoms with van der Waals surface area (Å²) in [5, 5.41) is 3.75. The van der Waals surface area contributed by atoms with Gasteiger partial charge < -0.3 is 5.32 Å². The lowest BCUT2D eigenvalue weighted by molar-refractivity contribution is 0.140. The highest BCUT2D eigenvalue weighted by molar-refractivity contribution is 5.07. The minimum Gasteiger partial charge on any atom is -0.314 e. The van der Waals surface area contributed by atoms with E-state index in [9.17, 15) is 0 Å². The van der Waals surface area contributed by atoms with Crippen LogP contribution in [0.15, 0.2) is 0 Å². The van der Waals surface area contributed by atoms with Crippen LogP contribution >= 0.6 is 0 Å². The van der Waals surface area contributed by atoms with Crippen molar-refractivity contribution in [3.63, 3.8) is 0 Å². The zero-order valence-electron chi connectivity index (χ0n) is 11.0. The first-order chi connectivity index (χ1) is 7.70. The van der Waals surface area contributed by atoms with Crippen LogP contribution in [0, 0.1) is 23.2 Å². The Labute approximate surface area is 100 Å². The molecule has 3 aliphatic carbocycles. The highest BCUT2D eigenvalue weighted by Gasteiger charge is 2.56. The predicted molar refractivity (Wildman–Crippen MR) is 68.4 cm³/mol. The van der Waals surface area contributed by atoms with Gasteiger partial charge in [0.25, 0.3) is 0 Å². The molecule has 2 atom stereocenters. The Morgan fingerprint density at radius 1 is 1.12 bits per heavy atom. The van der Waals surface area contributed by atoms with Crippen LogP contribution in [0.3, 0.4) is 0 Å². The van der Waals surface area contributed by atoms with Gasteiger partial charge in [0.1, 0.15) is 0 Å². The van der Waals surface area contributed by atoms with Crippen molar-refractivity contribution < 1.29 is 0 Å². The van der Waals surface area contributed by atoms with Gasteiger partial charge in [0.05, 0.1) is 0 Å². The third kappa shape index (κ3) is 1.92. The Morgan fingerprint density at radius 2 is 1.75 bits per heavy atom. The zero-order chi connectivity index (χ0) is 11.2. The monoisotopic (exact) mass is 221 g/mol. The van der Waals surface area contributed by atoms with Gasteiger partial charge in [-0.1, -0.05) is 26.7 Å². The molecule has 1 N–H and O–H groups in total. The van der Waals surface area contributed by atoms with Gasteiger partial charge in [-0.15, -0.1) is 0 Å². The number of rotatable bonds is 4. The summed E-state index contributed by atoms with van der Waals surface area (Å²) in [6.45, 7) is 5.89. The van der Waals surface area contributed by atoms with E-state index < -0.39 is 0 Å². The van der Waals surface area contributed by atoms with Crippen molar-refractivity contribution >= 4 is 0 Å². The maximum absolute atomic E-state index is 3.75. The summed E-state index contributed by atoms with van der Waals surface area (Å²) >= 11 is 0. The van der Waals surface area contributed by atoms with E-state index in [2.05, 4.69) is 19.2 Å². The molecule has 0 aromatic carbocycles. The molecule has 3 aliphatic rings. The summed E-state index contributed by atoms with van der Waals surface area (Å²) in [6.07, 6.45) is 10.7. The van der Waals surface area contributed by atoms with Gasteiger partial charge in [0, 0.05) is 12.6 Å². The lowest BCUT2D eigenvalue weighted by Crippen LogP contribution is -2.41. The van der Waals surface area contributed by atoms with E-state index in [-0.39, 0.29) is 0 Å². The molecule has 0 heterocycles. The lowest BCUT2D eigenvalue weighted by Gasteiger charge is -2.38. The van der Waals surface area contributed by atoms with E-state index in [1.54, 1.807) is 19.3 Å². The quantitative estimate of drug-likeness (QED) is 0.765. The summed E-state index contributed by atoms with van der Waals surface area (Å²) in [5.74, 6) is 3.33. The number of nitrogens with one attached hydrogen (secondary N) is 1. The van der Waals surface area contributed by atoms with Crippen LogP contribution < -0.4 is 5.32 Å². The summed E-state index contributed by atoms with van der Waals surface area (Å²) in [4.78, 5) is 0. The molecule has 0 saturated heterocycles. The molecular formula is C15H27N. The standard InChI is InChI=1S/C15H27N/c1-11(2)16-10-15(14-5-3-4-6-14)8-12-7-13(12)9-15/h11-14,16H,3-10H2,1-2H3. The molecule has 0 radical (unpaired) electrons. The van der Waals surface area contributed by atoms with Gasteiger partial charge in [-0.2, -0.15) is 0 Å². The Kier molecular flexibility index (Phi) is 2.78. The topological polar surface area (TPSA) is 12.0 Å². The zero-order valence-corrected chi connectivity index (χ0v) is 11.0. The molecule has 0 aliphatic heterocycles. The normalized spacial score (nSPS) is 42.9. The molecule has 1 nitrogen and oxygen atoms in total. The lowest BCUT2D eigenvalue weighted by atomic mass is 9.70. The molecule has 92 valence electrons. The second-order valence-corrected chi connectivity index (χ2v) is 7.04. The van der Waals surface area contributed by atoms with Crippen LogP contribution in [0.5, 0.6) is 0 Å². The molecule has 0 aromatic heterocycles. The summed E-state index contributed by atoms with van der Waals surface area (Å²) < 4.78 is 0. The van der Waals surface area contributed by atoms with E-state index in [4.69, 9.17) is 0 Å². The van der Waals surface area contributed by atoms with Gasteiger partial charge in [-0.3, -0.25) is 0 Å². The largest absolute Gasteiger partial charge is 0.314 e. The van der Waals surface area contributed by atoms with Crippen molar-refractivity contribution in [3.8, 4) is 0 Å². The van der Waals surface area contributed by atoms with Crippen LogP contribution in [0.25, 0.3) is 0 Å². The molecule has 3 fully saturated rings. The first-order valence-electron chi connectivity index (χ1n) is 7.43. The fraction of sp³-hybridized carbons (Fsp3) is 1.00. The van der Waals surface area contributed by atoms with Crippen molar-refractivity contribution in [1.29, 1.82) is 0 Å². The highest BCUT2D eigenvalue weighted by Crippen LogP contribution is 2.64. The Bertz CT molecular complexity index is 242. The van der Waals surface area contributed by atoms with Gasteiger partial charge in [0.2, 0.25) is 0 Å². The maximum Gasteiger partial charge on any atom is 0.00130 e. The molecule has 3 saturated carbocycles. The molecule has 0 spiro atoms. The van der Waals surface area contributed by atoms with Crippen LogP contribution in [0.1, 0.15) is 58.8 Å². The summed E-state index contributed by atoms with van der Waals surface area (Å²) in [5.41, 5.74) is 0.717. The number of fused-ring (bicyclic) bond motifs is 1. The predicted octanol–water partition coefficient (Wildman–Crippen LogP) is 3.59. The Morgan fingerprint density at radius 3 is 2.31 bits per heavy atom. The third-order valence-electron chi connectivity index (χ3n) is 5.49. The number of hydrogen-bond donors (Lipinski definition) is 1. The number of hydrogen-bond acceptors (Lipinski definition) is 1. The molecule has 0 amide bonds. The fourth-order valence-electron chi connectivity index (χ4n) is 4.51. The van der Waals surface area contributed by atoms with Gasteiger partial charge in [-0.05, 0) is 55.3 Å². The smallest absolute Gasteiger partial charge is 0.00130 e. The van der Waals surface area contributed by atoms with E-state index in [1.807, 2.05) is 0 Å². The highest BCUT2D eigenvalue weighted by atomic mass is 14.9. The molecule has 3 rings (SSSR count). The van der Waals surface area contributed by atoms with E-state index >= 15 is 0 Å². The third-order valence-corrected chi connectivity index (χ3v) is 5.49. The van der Waals surface area contributed by atoms with Crippen LogP contribution in [-0.2, 0) is 0 Å². The molecule has 1 heteroatoms. The average Bonchev–Trinajstić information content (AvgIpc) is 2.76. The van der Waals surface area contributed by atoms with E-state index in [1.165, 1.54) is 32.2 Å². The van der Waals surface area contributed by atoms with E-state index in [0.717, 1.165) is 17.8 Å². The van der Waals surface area contributed by atoms with Crippen molar-refractivity contribution in [2.75, 3.05) is 6.54 Å². The van der Waals surface area contributed by atoms with Crippen LogP contribution in [0.2, 0.25) is 0 Å². The van der Waals surface area contributed by atoms with Gasteiger partial charge in [-0.25, -0.2) is 0 Å². The van der Waals surface area contributed by atoms with Crippen molar-refractivity contribution in [3.05, 3.63) is 0 Å². The molecular weight excluding hydrogens is 194 g/mol. The SMILES string of the molecule is CC(C)NCC1(C2CCCC2)CC2CC2C1. The molecule has 0 aromatic rings. The maximum atomic E-state index is 3.75. The second kappa shape index (κ2) is 4.01. The fourth-order valence-corrected chi connectivity index (χ4v) is 4.51. The molecule has 0 bridgehead atoms. The first kappa shape index (κ1) is 11.1.